The Labute approximate surface area is 96.1 Å². The van der Waals surface area contributed by atoms with Crippen molar-refractivity contribution in [3.63, 3.8) is 0 Å². The molecule has 16 heavy (non-hydrogen) atoms. The molecule has 0 saturated heterocycles. The van der Waals surface area contributed by atoms with Crippen LogP contribution in [0.15, 0.2) is 12.1 Å². The summed E-state index contributed by atoms with van der Waals surface area (Å²) in [5, 5.41) is 8.66. The Kier molecular flexibility index (Phi) is 3.93. The van der Waals surface area contributed by atoms with Crippen LogP contribution in [0.4, 0.5) is 0 Å². The molecule has 1 aromatic carbocycles. The van der Waals surface area contributed by atoms with Crippen molar-refractivity contribution in [3.05, 3.63) is 28.8 Å². The second-order valence-corrected chi connectivity index (χ2v) is 4.25. The number of carboxylic acid groups (broad SMARTS) is 1. The maximum Gasteiger partial charge on any atom is 0.307 e. The van der Waals surface area contributed by atoms with Gasteiger partial charge in [-0.3, -0.25) is 4.79 Å². The molecule has 0 radical (unpaired) electrons. The van der Waals surface area contributed by atoms with Crippen LogP contribution < -0.4 is 4.74 Å². The van der Waals surface area contributed by atoms with Gasteiger partial charge in [-0.05, 0) is 38.8 Å². The molecular formula is C13H18O3. The molecule has 3 nitrogen and oxygen atoms in total. The molecule has 3 heteroatoms. The number of ether oxygens (including phenoxy) is 1. The topological polar surface area (TPSA) is 46.5 Å². The zero-order valence-corrected chi connectivity index (χ0v) is 10.2. The van der Waals surface area contributed by atoms with E-state index in [0.29, 0.717) is 0 Å². The Morgan fingerprint density at radius 3 is 2.25 bits per heavy atom. The van der Waals surface area contributed by atoms with E-state index in [-0.39, 0.29) is 12.5 Å². The first kappa shape index (κ1) is 12.6. The predicted molar refractivity (Wildman–Crippen MR) is 63.0 cm³/mol. The molecule has 0 saturated carbocycles. The van der Waals surface area contributed by atoms with E-state index in [1.807, 2.05) is 32.9 Å². The Morgan fingerprint density at radius 1 is 1.31 bits per heavy atom. The molecule has 0 aliphatic rings. The van der Waals surface area contributed by atoms with Crippen LogP contribution in [-0.4, -0.2) is 17.2 Å². The minimum absolute atomic E-state index is 0.0206. The third-order valence-electron chi connectivity index (χ3n) is 2.39. The largest absolute Gasteiger partial charge is 0.490 e. The van der Waals surface area contributed by atoms with Gasteiger partial charge in [0, 0.05) is 0 Å². The highest BCUT2D eigenvalue weighted by molar-refractivity contribution is 5.67. The van der Waals surface area contributed by atoms with Crippen molar-refractivity contribution in [2.75, 3.05) is 0 Å². The number of benzene rings is 1. The van der Waals surface area contributed by atoms with E-state index in [0.717, 1.165) is 16.9 Å². The fourth-order valence-electron chi connectivity index (χ4n) is 1.84. The van der Waals surface area contributed by atoms with Gasteiger partial charge in [-0.25, -0.2) is 0 Å². The smallest absolute Gasteiger partial charge is 0.307 e. The second-order valence-electron chi connectivity index (χ2n) is 4.25. The van der Waals surface area contributed by atoms with Crippen molar-refractivity contribution in [2.24, 2.45) is 0 Å². The van der Waals surface area contributed by atoms with Crippen LogP contribution in [0.3, 0.4) is 0 Å². The summed E-state index contributed by atoms with van der Waals surface area (Å²) >= 11 is 0. The lowest BCUT2D eigenvalue weighted by molar-refractivity contribution is -0.138. The van der Waals surface area contributed by atoms with Crippen molar-refractivity contribution < 1.29 is 14.6 Å². The quantitative estimate of drug-likeness (QED) is 0.852. The summed E-state index contributed by atoms with van der Waals surface area (Å²) in [5.74, 6) is -0.0331. The Morgan fingerprint density at radius 2 is 1.81 bits per heavy atom. The molecule has 0 amide bonds. The van der Waals surface area contributed by atoms with Crippen LogP contribution in [0.5, 0.6) is 5.75 Å². The minimum Gasteiger partial charge on any atom is -0.490 e. The van der Waals surface area contributed by atoms with Gasteiger partial charge < -0.3 is 9.84 Å². The number of carboxylic acids is 1. The van der Waals surface area contributed by atoms with Gasteiger partial charge in [0.1, 0.15) is 11.9 Å². The molecule has 1 atom stereocenters. The van der Waals surface area contributed by atoms with Crippen LogP contribution in [0.1, 0.15) is 30.0 Å². The maximum absolute atomic E-state index is 10.5. The van der Waals surface area contributed by atoms with E-state index in [1.54, 1.807) is 6.92 Å². The van der Waals surface area contributed by atoms with E-state index in [9.17, 15) is 4.79 Å². The highest BCUT2D eigenvalue weighted by atomic mass is 16.5. The Hall–Kier alpha value is -1.51. The van der Waals surface area contributed by atoms with Crippen LogP contribution in [0, 0.1) is 20.8 Å². The van der Waals surface area contributed by atoms with Crippen LogP contribution in [0.2, 0.25) is 0 Å². The predicted octanol–water partition coefficient (Wildman–Crippen LogP) is 2.85. The van der Waals surface area contributed by atoms with Crippen molar-refractivity contribution in [1.82, 2.24) is 0 Å². The molecule has 0 heterocycles. The summed E-state index contributed by atoms with van der Waals surface area (Å²) in [7, 11) is 0. The SMILES string of the molecule is Cc1cc(C)c(OC(C)CC(=O)O)c(C)c1. The number of rotatable bonds is 4. The van der Waals surface area contributed by atoms with Gasteiger partial charge in [0.25, 0.3) is 0 Å². The van der Waals surface area contributed by atoms with Gasteiger partial charge in [0.15, 0.2) is 0 Å². The summed E-state index contributed by atoms with van der Waals surface area (Å²) in [6.45, 7) is 7.75. The molecule has 0 aromatic heterocycles. The highest BCUT2D eigenvalue weighted by Crippen LogP contribution is 2.25. The number of hydrogen-bond acceptors (Lipinski definition) is 2. The first-order valence-electron chi connectivity index (χ1n) is 5.36. The van der Waals surface area contributed by atoms with Crippen LogP contribution in [-0.2, 0) is 4.79 Å². The first-order valence-corrected chi connectivity index (χ1v) is 5.36. The Bertz CT molecular complexity index is 373. The van der Waals surface area contributed by atoms with Crippen LogP contribution >= 0.6 is 0 Å². The number of carbonyl (C=O) groups is 1. The van der Waals surface area contributed by atoms with Crippen molar-refractivity contribution in [2.45, 2.75) is 40.2 Å². The molecule has 0 spiro atoms. The molecule has 1 N–H and O–H groups in total. The maximum atomic E-state index is 10.5. The fourth-order valence-corrected chi connectivity index (χ4v) is 1.84. The van der Waals surface area contributed by atoms with Crippen molar-refractivity contribution in [3.8, 4) is 5.75 Å². The molecule has 1 aromatic rings. The number of aryl methyl sites for hydroxylation is 3. The summed E-state index contributed by atoms with van der Waals surface area (Å²) < 4.78 is 5.66. The number of hydrogen-bond donors (Lipinski definition) is 1. The lowest BCUT2D eigenvalue weighted by Gasteiger charge is -2.17. The van der Waals surface area contributed by atoms with Gasteiger partial charge in [0.05, 0.1) is 6.42 Å². The average Bonchev–Trinajstić information content (AvgIpc) is 2.09. The van der Waals surface area contributed by atoms with Gasteiger partial charge in [-0.2, -0.15) is 0 Å². The van der Waals surface area contributed by atoms with E-state index in [2.05, 4.69) is 0 Å². The standard InChI is InChI=1S/C13H18O3/c1-8-5-9(2)13(10(3)6-8)16-11(4)7-12(14)15/h5-6,11H,7H2,1-4H3,(H,14,15). The summed E-state index contributed by atoms with van der Waals surface area (Å²) in [5.41, 5.74) is 3.29. The minimum atomic E-state index is -0.838. The van der Waals surface area contributed by atoms with Crippen molar-refractivity contribution in [1.29, 1.82) is 0 Å². The van der Waals surface area contributed by atoms with Gasteiger partial charge in [-0.1, -0.05) is 17.7 Å². The van der Waals surface area contributed by atoms with Gasteiger partial charge in [0.2, 0.25) is 0 Å². The molecule has 0 fully saturated rings. The zero-order valence-electron chi connectivity index (χ0n) is 10.2. The van der Waals surface area contributed by atoms with E-state index in [1.165, 1.54) is 5.56 Å². The fraction of sp³-hybridized carbons (Fsp3) is 0.462. The van der Waals surface area contributed by atoms with Gasteiger partial charge in [-0.15, -0.1) is 0 Å². The molecule has 0 bridgehead atoms. The average molecular weight is 222 g/mol. The van der Waals surface area contributed by atoms with E-state index < -0.39 is 5.97 Å². The molecule has 1 unspecified atom stereocenters. The van der Waals surface area contributed by atoms with E-state index in [4.69, 9.17) is 9.84 Å². The molecular weight excluding hydrogens is 204 g/mol. The molecule has 1 rings (SSSR count). The first-order chi connectivity index (χ1) is 7.40. The summed E-state index contributed by atoms with van der Waals surface area (Å²) in [4.78, 5) is 10.5. The number of aliphatic carboxylic acids is 1. The third kappa shape index (κ3) is 3.26. The molecule has 0 aliphatic carbocycles. The third-order valence-corrected chi connectivity index (χ3v) is 2.39. The van der Waals surface area contributed by atoms with Crippen LogP contribution in [0.25, 0.3) is 0 Å². The highest BCUT2D eigenvalue weighted by Gasteiger charge is 2.12. The lowest BCUT2D eigenvalue weighted by atomic mass is 10.1. The normalized spacial score (nSPS) is 12.2. The summed E-state index contributed by atoms with van der Waals surface area (Å²) in [6, 6.07) is 4.08. The van der Waals surface area contributed by atoms with Crippen molar-refractivity contribution >= 4 is 5.97 Å². The van der Waals surface area contributed by atoms with Gasteiger partial charge >= 0.3 is 5.97 Å². The summed E-state index contributed by atoms with van der Waals surface area (Å²) in [6.07, 6.45) is -0.287. The zero-order chi connectivity index (χ0) is 12.3. The Balaban J connectivity index is 2.85. The molecule has 88 valence electrons. The molecule has 0 aliphatic heterocycles. The monoisotopic (exact) mass is 222 g/mol. The second kappa shape index (κ2) is 5.01. The van der Waals surface area contributed by atoms with E-state index >= 15 is 0 Å². The lowest BCUT2D eigenvalue weighted by Crippen LogP contribution is -2.17.